The van der Waals surface area contributed by atoms with Crippen LogP contribution in [-0.2, 0) is 6.54 Å². The van der Waals surface area contributed by atoms with Crippen LogP contribution in [0.25, 0.3) is 0 Å². The average Bonchev–Trinajstić information content (AvgIpc) is 2.14. The van der Waals surface area contributed by atoms with Crippen LogP contribution in [0.3, 0.4) is 0 Å². The zero-order chi connectivity index (χ0) is 11.5. The Morgan fingerprint density at radius 1 is 1.35 bits per heavy atom. The third-order valence-electron chi connectivity index (χ3n) is 3.52. The molecule has 0 aromatic heterocycles. The van der Waals surface area contributed by atoms with Crippen LogP contribution in [0.15, 0.2) is 24.3 Å². The lowest BCUT2D eigenvalue weighted by Gasteiger charge is -2.40. The predicted octanol–water partition coefficient (Wildman–Crippen LogP) is 3.45. The average molecular weight is 255 g/mol. The molecule has 3 heteroatoms. The van der Waals surface area contributed by atoms with Gasteiger partial charge < -0.3 is 5.73 Å². The van der Waals surface area contributed by atoms with Gasteiger partial charge >= 0.3 is 0 Å². The maximum atomic E-state index is 5.81. The van der Waals surface area contributed by atoms with Gasteiger partial charge in [-0.3, -0.25) is 4.90 Å². The van der Waals surface area contributed by atoms with Crippen molar-refractivity contribution in [2.75, 3.05) is 5.73 Å². The summed E-state index contributed by atoms with van der Waals surface area (Å²) in [6.45, 7) is 5.60. The fraction of sp³-hybridized carbons (Fsp3) is 0.571. The summed E-state index contributed by atoms with van der Waals surface area (Å²) in [6, 6.07) is 9.67. The second-order valence-electron chi connectivity index (χ2n) is 5.10. The Bertz CT molecular complexity index is 348. The lowest BCUT2D eigenvalue weighted by molar-refractivity contribution is 0.0865. The van der Waals surface area contributed by atoms with E-state index in [0.717, 1.165) is 18.3 Å². The normalized spacial score (nSPS) is 15.8. The second kappa shape index (κ2) is 6.27. The molecular formula is C14H23ClN2. The molecule has 17 heavy (non-hydrogen) atoms. The van der Waals surface area contributed by atoms with E-state index in [0.29, 0.717) is 6.04 Å². The number of nitrogens with zero attached hydrogens (tertiary/aromatic N) is 1. The van der Waals surface area contributed by atoms with Crippen molar-refractivity contribution in [3.8, 4) is 0 Å². The molecule has 1 aliphatic rings. The molecule has 0 radical (unpaired) electrons. The number of anilines is 1. The Labute approximate surface area is 111 Å². The summed E-state index contributed by atoms with van der Waals surface area (Å²) in [7, 11) is 0. The SMILES string of the molecule is CC(C)N(Cc1cccc(N)c1)C1CCC1.Cl. The Kier molecular flexibility index (Phi) is 5.29. The summed E-state index contributed by atoms with van der Waals surface area (Å²) in [4.78, 5) is 2.60. The van der Waals surface area contributed by atoms with E-state index in [-0.39, 0.29) is 12.4 Å². The number of hydrogen-bond acceptors (Lipinski definition) is 2. The van der Waals surface area contributed by atoms with Crippen molar-refractivity contribution in [2.45, 2.75) is 51.7 Å². The third kappa shape index (κ3) is 3.62. The highest BCUT2D eigenvalue weighted by Gasteiger charge is 2.26. The summed E-state index contributed by atoms with van der Waals surface area (Å²) >= 11 is 0. The van der Waals surface area contributed by atoms with Crippen molar-refractivity contribution in [2.24, 2.45) is 0 Å². The minimum Gasteiger partial charge on any atom is -0.399 e. The van der Waals surface area contributed by atoms with Crippen LogP contribution in [0, 0.1) is 0 Å². The van der Waals surface area contributed by atoms with Crippen LogP contribution in [0.2, 0.25) is 0 Å². The highest BCUT2D eigenvalue weighted by Crippen LogP contribution is 2.28. The van der Waals surface area contributed by atoms with Gasteiger partial charge in [-0.15, -0.1) is 12.4 Å². The van der Waals surface area contributed by atoms with Crippen LogP contribution >= 0.6 is 12.4 Å². The maximum Gasteiger partial charge on any atom is 0.0317 e. The maximum absolute atomic E-state index is 5.81. The topological polar surface area (TPSA) is 29.3 Å². The Morgan fingerprint density at radius 2 is 2.06 bits per heavy atom. The molecule has 96 valence electrons. The van der Waals surface area contributed by atoms with Crippen LogP contribution in [0.1, 0.15) is 38.7 Å². The molecule has 1 aromatic rings. The number of halogens is 1. The molecule has 0 atom stereocenters. The molecule has 0 unspecified atom stereocenters. The summed E-state index contributed by atoms with van der Waals surface area (Å²) < 4.78 is 0. The van der Waals surface area contributed by atoms with Crippen molar-refractivity contribution in [3.05, 3.63) is 29.8 Å². The van der Waals surface area contributed by atoms with Gasteiger partial charge in [-0.25, -0.2) is 0 Å². The number of nitrogen functional groups attached to an aromatic ring is 1. The first kappa shape index (κ1) is 14.3. The van der Waals surface area contributed by atoms with Crippen molar-refractivity contribution in [3.63, 3.8) is 0 Å². The van der Waals surface area contributed by atoms with Gasteiger partial charge in [0.25, 0.3) is 0 Å². The van der Waals surface area contributed by atoms with Crippen molar-refractivity contribution >= 4 is 18.1 Å². The quantitative estimate of drug-likeness (QED) is 0.834. The molecule has 1 fully saturated rings. The van der Waals surface area contributed by atoms with Crippen LogP contribution in [0.4, 0.5) is 5.69 Å². The van der Waals surface area contributed by atoms with E-state index in [2.05, 4.69) is 30.9 Å². The minimum absolute atomic E-state index is 0. The lowest BCUT2D eigenvalue weighted by Crippen LogP contribution is -2.43. The van der Waals surface area contributed by atoms with E-state index in [9.17, 15) is 0 Å². The van der Waals surface area contributed by atoms with Gasteiger partial charge in [0.2, 0.25) is 0 Å². The Hall–Kier alpha value is -0.730. The molecule has 2 rings (SSSR count). The molecule has 0 aliphatic heterocycles. The molecule has 1 aliphatic carbocycles. The molecular weight excluding hydrogens is 232 g/mol. The van der Waals surface area contributed by atoms with Gasteiger partial charge in [0, 0.05) is 24.3 Å². The first-order valence-corrected chi connectivity index (χ1v) is 6.27. The first-order chi connectivity index (χ1) is 7.66. The number of rotatable bonds is 4. The van der Waals surface area contributed by atoms with Crippen molar-refractivity contribution in [1.82, 2.24) is 4.90 Å². The van der Waals surface area contributed by atoms with E-state index in [1.165, 1.54) is 24.8 Å². The van der Waals surface area contributed by atoms with Crippen molar-refractivity contribution in [1.29, 1.82) is 0 Å². The molecule has 0 amide bonds. The molecule has 2 N–H and O–H groups in total. The largest absolute Gasteiger partial charge is 0.399 e. The highest BCUT2D eigenvalue weighted by molar-refractivity contribution is 5.85. The minimum atomic E-state index is 0. The molecule has 0 spiro atoms. The smallest absolute Gasteiger partial charge is 0.0317 e. The predicted molar refractivity (Wildman–Crippen MR) is 76.4 cm³/mol. The van der Waals surface area contributed by atoms with E-state index in [4.69, 9.17) is 5.73 Å². The van der Waals surface area contributed by atoms with Gasteiger partial charge in [-0.1, -0.05) is 18.6 Å². The van der Waals surface area contributed by atoms with Gasteiger partial charge in [0.05, 0.1) is 0 Å². The van der Waals surface area contributed by atoms with Crippen LogP contribution in [-0.4, -0.2) is 17.0 Å². The first-order valence-electron chi connectivity index (χ1n) is 6.27. The number of benzene rings is 1. The Morgan fingerprint density at radius 3 is 2.53 bits per heavy atom. The lowest BCUT2D eigenvalue weighted by atomic mass is 9.90. The highest BCUT2D eigenvalue weighted by atomic mass is 35.5. The molecule has 1 aromatic carbocycles. The molecule has 0 saturated heterocycles. The molecule has 0 heterocycles. The van der Waals surface area contributed by atoms with E-state index >= 15 is 0 Å². The summed E-state index contributed by atoms with van der Waals surface area (Å²) in [5.41, 5.74) is 8.02. The monoisotopic (exact) mass is 254 g/mol. The number of hydrogen-bond donors (Lipinski definition) is 1. The fourth-order valence-electron chi connectivity index (χ4n) is 2.35. The Balaban J connectivity index is 0.00000144. The standard InChI is InChI=1S/C14H22N2.ClH/c1-11(2)16(14-7-4-8-14)10-12-5-3-6-13(15)9-12;/h3,5-6,9,11,14H,4,7-8,10,15H2,1-2H3;1H. The van der Waals surface area contributed by atoms with Crippen LogP contribution in [0.5, 0.6) is 0 Å². The molecule has 0 bridgehead atoms. The van der Waals surface area contributed by atoms with Gasteiger partial charge in [0.1, 0.15) is 0 Å². The summed E-state index contributed by atoms with van der Waals surface area (Å²) in [5, 5.41) is 0. The van der Waals surface area contributed by atoms with Gasteiger partial charge in [-0.05, 0) is 44.4 Å². The van der Waals surface area contributed by atoms with Gasteiger partial charge in [0.15, 0.2) is 0 Å². The molecule has 1 saturated carbocycles. The zero-order valence-electron chi connectivity index (χ0n) is 10.7. The summed E-state index contributed by atoms with van der Waals surface area (Å²) in [5.74, 6) is 0. The fourth-order valence-corrected chi connectivity index (χ4v) is 2.35. The van der Waals surface area contributed by atoms with E-state index in [1.807, 2.05) is 12.1 Å². The third-order valence-corrected chi connectivity index (χ3v) is 3.52. The van der Waals surface area contributed by atoms with Crippen LogP contribution < -0.4 is 5.73 Å². The van der Waals surface area contributed by atoms with Gasteiger partial charge in [-0.2, -0.15) is 0 Å². The number of nitrogens with two attached hydrogens (primary N) is 1. The van der Waals surface area contributed by atoms with Crippen molar-refractivity contribution < 1.29 is 0 Å². The second-order valence-corrected chi connectivity index (χ2v) is 5.10. The zero-order valence-corrected chi connectivity index (χ0v) is 11.5. The van der Waals surface area contributed by atoms with E-state index < -0.39 is 0 Å². The van der Waals surface area contributed by atoms with E-state index in [1.54, 1.807) is 0 Å². The molecule has 2 nitrogen and oxygen atoms in total. The summed E-state index contributed by atoms with van der Waals surface area (Å²) in [6.07, 6.45) is 4.12.